The number of halogens is 3. The van der Waals surface area contributed by atoms with Gasteiger partial charge in [-0.05, 0) is 46.6 Å². The first-order valence-corrected chi connectivity index (χ1v) is 6.91. The molecule has 98 valence electrons. The molecule has 0 aliphatic heterocycles. The summed E-state index contributed by atoms with van der Waals surface area (Å²) in [6, 6.07) is 6.90. The van der Waals surface area contributed by atoms with Crippen molar-refractivity contribution >= 4 is 50.7 Å². The van der Waals surface area contributed by atoms with Crippen LogP contribution in [0.4, 0.5) is 5.69 Å². The predicted molar refractivity (Wildman–Crippen MR) is 81.1 cm³/mol. The van der Waals surface area contributed by atoms with Gasteiger partial charge in [0.1, 0.15) is 5.15 Å². The van der Waals surface area contributed by atoms with E-state index in [1.807, 2.05) is 13.0 Å². The van der Waals surface area contributed by atoms with Crippen molar-refractivity contribution in [2.24, 2.45) is 0 Å². The van der Waals surface area contributed by atoms with E-state index in [1.165, 1.54) is 6.20 Å². The van der Waals surface area contributed by atoms with Gasteiger partial charge in [-0.2, -0.15) is 0 Å². The summed E-state index contributed by atoms with van der Waals surface area (Å²) in [6.07, 6.45) is 1.53. The van der Waals surface area contributed by atoms with Crippen molar-refractivity contribution in [3.8, 4) is 0 Å². The molecule has 1 aromatic heterocycles. The molecule has 1 amide bonds. The molecule has 0 saturated carbocycles. The van der Waals surface area contributed by atoms with Crippen molar-refractivity contribution < 1.29 is 4.79 Å². The number of aryl methyl sites for hydroxylation is 1. The molecule has 19 heavy (non-hydrogen) atoms. The molecule has 0 fully saturated rings. The van der Waals surface area contributed by atoms with Crippen LogP contribution in [0.2, 0.25) is 10.2 Å². The Balaban J connectivity index is 2.30. The second-order valence-corrected chi connectivity index (χ2v) is 5.62. The fourth-order valence-electron chi connectivity index (χ4n) is 1.50. The zero-order chi connectivity index (χ0) is 14.0. The molecule has 0 spiro atoms. The molecular formula is C13H9BrCl2N2O. The van der Waals surface area contributed by atoms with Gasteiger partial charge in [0, 0.05) is 21.4 Å². The maximum absolute atomic E-state index is 12.2. The number of nitrogens with one attached hydrogen (secondary N) is 1. The Bertz CT molecular complexity index is 647. The van der Waals surface area contributed by atoms with Gasteiger partial charge in [-0.25, -0.2) is 4.98 Å². The van der Waals surface area contributed by atoms with Gasteiger partial charge in [-0.15, -0.1) is 0 Å². The molecule has 2 rings (SSSR count). The highest BCUT2D eigenvalue weighted by Gasteiger charge is 2.13. The summed E-state index contributed by atoms with van der Waals surface area (Å²) in [5, 5.41) is 3.47. The second-order valence-electron chi connectivity index (χ2n) is 3.91. The van der Waals surface area contributed by atoms with E-state index in [0.717, 1.165) is 5.56 Å². The van der Waals surface area contributed by atoms with Crippen LogP contribution in [-0.2, 0) is 0 Å². The van der Waals surface area contributed by atoms with E-state index in [-0.39, 0.29) is 11.1 Å². The normalized spacial score (nSPS) is 10.3. The smallest absolute Gasteiger partial charge is 0.258 e. The number of amides is 1. The lowest BCUT2D eigenvalue weighted by Crippen LogP contribution is -2.13. The Morgan fingerprint density at radius 3 is 2.79 bits per heavy atom. The molecule has 0 aliphatic carbocycles. The number of benzene rings is 1. The van der Waals surface area contributed by atoms with Crippen LogP contribution in [0, 0.1) is 6.92 Å². The second kappa shape index (κ2) is 5.90. The fraction of sp³-hybridized carbons (Fsp3) is 0.0769. The first-order chi connectivity index (χ1) is 8.97. The number of hydrogen-bond donors (Lipinski definition) is 1. The van der Waals surface area contributed by atoms with Crippen molar-refractivity contribution in [3.05, 3.63) is 56.2 Å². The van der Waals surface area contributed by atoms with Crippen molar-refractivity contribution in [1.82, 2.24) is 4.98 Å². The average Bonchev–Trinajstić information content (AvgIpc) is 2.36. The van der Waals surface area contributed by atoms with Crippen molar-refractivity contribution in [2.75, 3.05) is 5.32 Å². The zero-order valence-electron chi connectivity index (χ0n) is 9.88. The maximum atomic E-state index is 12.2. The van der Waals surface area contributed by atoms with Crippen LogP contribution in [-0.4, -0.2) is 10.9 Å². The van der Waals surface area contributed by atoms with Crippen LogP contribution in [0.25, 0.3) is 0 Å². The summed E-state index contributed by atoms with van der Waals surface area (Å²) in [5.74, 6) is -0.329. The lowest BCUT2D eigenvalue weighted by Gasteiger charge is -2.09. The van der Waals surface area contributed by atoms with E-state index in [1.54, 1.807) is 18.2 Å². The van der Waals surface area contributed by atoms with Crippen LogP contribution in [0.3, 0.4) is 0 Å². The number of aromatic nitrogens is 1. The highest BCUT2D eigenvalue weighted by Crippen LogP contribution is 2.23. The van der Waals surface area contributed by atoms with Gasteiger partial charge >= 0.3 is 0 Å². The number of pyridine rings is 1. The number of anilines is 1. The quantitative estimate of drug-likeness (QED) is 0.789. The molecule has 1 aromatic carbocycles. The number of rotatable bonds is 2. The standard InChI is InChI=1S/C13H9BrCl2N2O/c1-7-2-3-9(15)5-11(7)18-13(19)10-4-8(14)6-17-12(10)16/h2-6H,1H3,(H,18,19). The third-order valence-corrected chi connectivity index (χ3v) is 3.47. The molecule has 0 unspecified atom stereocenters. The molecule has 0 saturated heterocycles. The fourth-order valence-corrected chi connectivity index (χ4v) is 2.19. The SMILES string of the molecule is Cc1ccc(Cl)cc1NC(=O)c1cc(Br)cnc1Cl. The van der Waals surface area contributed by atoms with Crippen LogP contribution in [0.1, 0.15) is 15.9 Å². The molecule has 0 aliphatic rings. The Morgan fingerprint density at radius 1 is 1.32 bits per heavy atom. The first kappa shape index (κ1) is 14.3. The van der Waals surface area contributed by atoms with E-state index in [2.05, 4.69) is 26.2 Å². The number of nitrogens with zero attached hydrogens (tertiary/aromatic N) is 1. The summed E-state index contributed by atoms with van der Waals surface area (Å²) >= 11 is 15.1. The monoisotopic (exact) mass is 358 g/mol. The predicted octanol–water partition coefficient (Wildman–Crippen LogP) is 4.71. The first-order valence-electron chi connectivity index (χ1n) is 5.36. The number of carbonyl (C=O) groups is 1. The third-order valence-electron chi connectivity index (χ3n) is 2.50. The van der Waals surface area contributed by atoms with E-state index in [9.17, 15) is 4.79 Å². The van der Waals surface area contributed by atoms with Crippen LogP contribution in [0.5, 0.6) is 0 Å². The lowest BCUT2D eigenvalue weighted by atomic mass is 10.2. The largest absolute Gasteiger partial charge is 0.322 e. The molecule has 2 aromatic rings. The minimum Gasteiger partial charge on any atom is -0.322 e. The molecule has 6 heteroatoms. The van der Waals surface area contributed by atoms with Gasteiger partial charge in [0.05, 0.1) is 5.56 Å². The summed E-state index contributed by atoms with van der Waals surface area (Å²) in [5.41, 5.74) is 1.86. The van der Waals surface area contributed by atoms with Gasteiger partial charge in [0.25, 0.3) is 5.91 Å². The van der Waals surface area contributed by atoms with E-state index >= 15 is 0 Å². The van der Waals surface area contributed by atoms with Gasteiger partial charge in [0.2, 0.25) is 0 Å². The lowest BCUT2D eigenvalue weighted by molar-refractivity contribution is 0.102. The summed E-state index contributed by atoms with van der Waals surface area (Å²) < 4.78 is 0.685. The highest BCUT2D eigenvalue weighted by molar-refractivity contribution is 9.10. The van der Waals surface area contributed by atoms with Crippen LogP contribution >= 0.6 is 39.1 Å². The van der Waals surface area contributed by atoms with E-state index in [0.29, 0.717) is 20.7 Å². The molecule has 0 atom stereocenters. The average molecular weight is 360 g/mol. The zero-order valence-corrected chi connectivity index (χ0v) is 13.0. The van der Waals surface area contributed by atoms with Crippen molar-refractivity contribution in [2.45, 2.75) is 6.92 Å². The molecule has 0 radical (unpaired) electrons. The maximum Gasteiger partial charge on any atom is 0.258 e. The summed E-state index contributed by atoms with van der Waals surface area (Å²) in [7, 11) is 0. The molecular weight excluding hydrogens is 351 g/mol. The molecule has 1 heterocycles. The number of hydrogen-bond acceptors (Lipinski definition) is 2. The molecule has 1 N–H and O–H groups in total. The Labute approximate surface area is 129 Å². The van der Waals surface area contributed by atoms with Crippen molar-refractivity contribution in [3.63, 3.8) is 0 Å². The minimum absolute atomic E-state index is 0.153. The van der Waals surface area contributed by atoms with E-state index in [4.69, 9.17) is 23.2 Å². The van der Waals surface area contributed by atoms with Crippen molar-refractivity contribution in [1.29, 1.82) is 0 Å². The molecule has 0 bridgehead atoms. The highest BCUT2D eigenvalue weighted by atomic mass is 79.9. The van der Waals surface area contributed by atoms with Gasteiger partial charge in [-0.1, -0.05) is 29.3 Å². The van der Waals surface area contributed by atoms with Crippen LogP contribution in [0.15, 0.2) is 34.9 Å². The molecule has 3 nitrogen and oxygen atoms in total. The van der Waals surface area contributed by atoms with E-state index < -0.39 is 0 Å². The van der Waals surface area contributed by atoms with Gasteiger partial charge < -0.3 is 5.32 Å². The van der Waals surface area contributed by atoms with Gasteiger partial charge in [-0.3, -0.25) is 4.79 Å². The number of carbonyl (C=O) groups excluding carboxylic acids is 1. The Hall–Kier alpha value is -1.10. The Morgan fingerprint density at radius 2 is 2.05 bits per heavy atom. The van der Waals surface area contributed by atoms with Gasteiger partial charge in [0.15, 0.2) is 0 Å². The summed E-state index contributed by atoms with van der Waals surface area (Å²) in [4.78, 5) is 16.1. The minimum atomic E-state index is -0.329. The summed E-state index contributed by atoms with van der Waals surface area (Å²) in [6.45, 7) is 1.88. The Kier molecular flexibility index (Phi) is 4.45. The topological polar surface area (TPSA) is 42.0 Å². The van der Waals surface area contributed by atoms with Crippen LogP contribution < -0.4 is 5.32 Å². The third kappa shape index (κ3) is 3.47.